The molecule has 0 bridgehead atoms. The fourth-order valence-electron chi connectivity index (χ4n) is 3.99. The predicted octanol–water partition coefficient (Wildman–Crippen LogP) is 6.16. The van der Waals surface area contributed by atoms with Crippen LogP contribution in [0.5, 0.6) is 0 Å². The highest BCUT2D eigenvalue weighted by Crippen LogP contribution is 2.41. The summed E-state index contributed by atoms with van der Waals surface area (Å²) in [7, 11) is 0. The SMILES string of the molecule is O=C(c1ccccc1)c1ccc(-c2cccc3c2Cc2ccccc2-3)cc1. The van der Waals surface area contributed by atoms with Crippen molar-refractivity contribution in [2.24, 2.45) is 0 Å². The average Bonchev–Trinajstić information content (AvgIpc) is 3.13. The maximum atomic E-state index is 12.6. The highest BCUT2D eigenvalue weighted by molar-refractivity contribution is 6.09. The number of fused-ring (bicyclic) bond motifs is 3. The third kappa shape index (κ3) is 2.69. The van der Waals surface area contributed by atoms with E-state index in [1.807, 2.05) is 42.5 Å². The third-order valence-electron chi connectivity index (χ3n) is 5.34. The molecule has 0 amide bonds. The molecular formula is C26H18O. The first-order valence-electron chi connectivity index (χ1n) is 9.21. The van der Waals surface area contributed by atoms with Crippen LogP contribution in [0.25, 0.3) is 22.3 Å². The maximum Gasteiger partial charge on any atom is 0.193 e. The van der Waals surface area contributed by atoms with Gasteiger partial charge in [0.05, 0.1) is 0 Å². The Balaban J connectivity index is 1.51. The molecule has 128 valence electrons. The molecule has 0 aliphatic heterocycles. The molecule has 1 heteroatoms. The molecule has 0 N–H and O–H groups in total. The Kier molecular flexibility index (Phi) is 3.72. The van der Waals surface area contributed by atoms with Gasteiger partial charge >= 0.3 is 0 Å². The molecule has 0 radical (unpaired) electrons. The first-order valence-corrected chi connectivity index (χ1v) is 9.21. The zero-order valence-electron chi connectivity index (χ0n) is 14.9. The van der Waals surface area contributed by atoms with E-state index in [4.69, 9.17) is 0 Å². The number of benzene rings is 4. The highest BCUT2D eigenvalue weighted by atomic mass is 16.1. The van der Waals surface area contributed by atoms with E-state index in [2.05, 4.69) is 54.6 Å². The van der Waals surface area contributed by atoms with Gasteiger partial charge in [0.25, 0.3) is 0 Å². The molecule has 5 rings (SSSR count). The third-order valence-corrected chi connectivity index (χ3v) is 5.34. The summed E-state index contributed by atoms with van der Waals surface area (Å²) in [6.07, 6.45) is 0.965. The summed E-state index contributed by atoms with van der Waals surface area (Å²) in [6.45, 7) is 0. The molecule has 0 saturated carbocycles. The monoisotopic (exact) mass is 346 g/mol. The van der Waals surface area contributed by atoms with Crippen molar-refractivity contribution in [2.75, 3.05) is 0 Å². The van der Waals surface area contributed by atoms with E-state index in [1.54, 1.807) is 0 Å². The number of carbonyl (C=O) groups excluding carboxylic acids is 1. The summed E-state index contributed by atoms with van der Waals surface area (Å²) >= 11 is 0. The maximum absolute atomic E-state index is 12.6. The van der Waals surface area contributed by atoms with Gasteiger partial charge < -0.3 is 0 Å². The van der Waals surface area contributed by atoms with E-state index < -0.39 is 0 Å². The molecule has 4 aromatic carbocycles. The summed E-state index contributed by atoms with van der Waals surface area (Å²) in [5.41, 5.74) is 9.28. The first-order chi connectivity index (χ1) is 13.3. The minimum absolute atomic E-state index is 0.0628. The summed E-state index contributed by atoms with van der Waals surface area (Å²) < 4.78 is 0. The average molecular weight is 346 g/mol. The standard InChI is InChI=1S/C26H18O/c27-26(19-7-2-1-3-8-19)20-15-13-18(14-16-20)22-11-6-12-24-23-10-5-4-9-21(23)17-25(22)24/h1-16H,17H2. The van der Waals surface area contributed by atoms with Crippen molar-refractivity contribution >= 4 is 5.78 Å². The van der Waals surface area contributed by atoms with Crippen molar-refractivity contribution < 1.29 is 4.79 Å². The van der Waals surface area contributed by atoms with Gasteiger partial charge in [0.2, 0.25) is 0 Å². The molecule has 1 nitrogen and oxygen atoms in total. The lowest BCUT2D eigenvalue weighted by atomic mass is 9.94. The van der Waals surface area contributed by atoms with Crippen molar-refractivity contribution in [1.82, 2.24) is 0 Å². The lowest BCUT2D eigenvalue weighted by molar-refractivity contribution is 0.103. The zero-order chi connectivity index (χ0) is 18.2. The minimum Gasteiger partial charge on any atom is -0.289 e. The fourth-order valence-corrected chi connectivity index (χ4v) is 3.99. The van der Waals surface area contributed by atoms with Crippen molar-refractivity contribution in [3.05, 3.63) is 119 Å². The second-order valence-electron chi connectivity index (χ2n) is 6.94. The minimum atomic E-state index is 0.0628. The van der Waals surface area contributed by atoms with E-state index in [0.717, 1.165) is 23.1 Å². The number of ketones is 1. The number of rotatable bonds is 3. The van der Waals surface area contributed by atoms with Gasteiger partial charge in [0.15, 0.2) is 5.78 Å². The first kappa shape index (κ1) is 15.8. The van der Waals surface area contributed by atoms with Crippen LogP contribution in [0.4, 0.5) is 0 Å². The van der Waals surface area contributed by atoms with Crippen LogP contribution in [0, 0.1) is 0 Å². The summed E-state index contributed by atoms with van der Waals surface area (Å²) in [6, 6.07) is 32.6. The Morgan fingerprint density at radius 3 is 2.00 bits per heavy atom. The molecule has 0 saturated heterocycles. The van der Waals surface area contributed by atoms with Crippen molar-refractivity contribution in [2.45, 2.75) is 6.42 Å². The predicted molar refractivity (Wildman–Crippen MR) is 110 cm³/mol. The van der Waals surface area contributed by atoms with Crippen molar-refractivity contribution in [3.8, 4) is 22.3 Å². The van der Waals surface area contributed by atoms with Gasteiger partial charge in [-0.3, -0.25) is 4.79 Å². The van der Waals surface area contributed by atoms with Crippen LogP contribution in [0.2, 0.25) is 0 Å². The molecule has 0 heterocycles. The molecule has 0 unspecified atom stereocenters. The second kappa shape index (κ2) is 6.37. The Labute approximate surface area is 158 Å². The molecule has 0 atom stereocenters. The van der Waals surface area contributed by atoms with E-state index in [-0.39, 0.29) is 5.78 Å². The molecule has 1 aliphatic carbocycles. The largest absolute Gasteiger partial charge is 0.289 e. The van der Waals surface area contributed by atoms with Crippen LogP contribution < -0.4 is 0 Å². The van der Waals surface area contributed by atoms with Gasteiger partial charge in [0.1, 0.15) is 0 Å². The van der Waals surface area contributed by atoms with Crippen LogP contribution >= 0.6 is 0 Å². The van der Waals surface area contributed by atoms with E-state index in [9.17, 15) is 4.79 Å². The van der Waals surface area contributed by atoms with Crippen LogP contribution in [0.15, 0.2) is 97.1 Å². The highest BCUT2D eigenvalue weighted by Gasteiger charge is 2.21. The molecule has 0 aromatic heterocycles. The lowest BCUT2D eigenvalue weighted by Crippen LogP contribution is -2.00. The van der Waals surface area contributed by atoms with Gasteiger partial charge in [-0.15, -0.1) is 0 Å². The quantitative estimate of drug-likeness (QED) is 0.358. The fraction of sp³-hybridized carbons (Fsp3) is 0.0385. The molecule has 4 aromatic rings. The Bertz CT molecular complexity index is 1140. The molecule has 27 heavy (non-hydrogen) atoms. The Morgan fingerprint density at radius 2 is 1.19 bits per heavy atom. The number of hydrogen-bond donors (Lipinski definition) is 0. The van der Waals surface area contributed by atoms with Gasteiger partial charge in [-0.25, -0.2) is 0 Å². The van der Waals surface area contributed by atoms with E-state index >= 15 is 0 Å². The Hall–Kier alpha value is -3.45. The van der Waals surface area contributed by atoms with Gasteiger partial charge in [-0.1, -0.05) is 97.1 Å². The smallest absolute Gasteiger partial charge is 0.193 e. The van der Waals surface area contributed by atoms with E-state index in [0.29, 0.717) is 0 Å². The van der Waals surface area contributed by atoms with Crippen LogP contribution in [-0.2, 0) is 6.42 Å². The lowest BCUT2D eigenvalue weighted by Gasteiger charge is -2.10. The normalized spacial score (nSPS) is 11.7. The molecular weight excluding hydrogens is 328 g/mol. The number of hydrogen-bond acceptors (Lipinski definition) is 1. The van der Waals surface area contributed by atoms with Crippen LogP contribution in [-0.4, -0.2) is 5.78 Å². The van der Waals surface area contributed by atoms with Crippen LogP contribution in [0.1, 0.15) is 27.0 Å². The Morgan fingerprint density at radius 1 is 0.556 bits per heavy atom. The summed E-state index contributed by atoms with van der Waals surface area (Å²) in [5.74, 6) is 0.0628. The summed E-state index contributed by atoms with van der Waals surface area (Å²) in [5, 5.41) is 0. The molecule has 0 spiro atoms. The second-order valence-corrected chi connectivity index (χ2v) is 6.94. The number of carbonyl (C=O) groups is 1. The zero-order valence-corrected chi connectivity index (χ0v) is 14.9. The van der Waals surface area contributed by atoms with Gasteiger partial charge in [-0.05, 0) is 39.8 Å². The topological polar surface area (TPSA) is 17.1 Å². The van der Waals surface area contributed by atoms with Gasteiger partial charge in [0, 0.05) is 11.1 Å². The van der Waals surface area contributed by atoms with Crippen LogP contribution in [0.3, 0.4) is 0 Å². The van der Waals surface area contributed by atoms with Gasteiger partial charge in [-0.2, -0.15) is 0 Å². The summed E-state index contributed by atoms with van der Waals surface area (Å²) in [4.78, 5) is 12.6. The molecule has 0 fully saturated rings. The molecule has 1 aliphatic rings. The van der Waals surface area contributed by atoms with Crippen molar-refractivity contribution in [1.29, 1.82) is 0 Å². The van der Waals surface area contributed by atoms with Crippen molar-refractivity contribution in [3.63, 3.8) is 0 Å². The van der Waals surface area contributed by atoms with E-state index in [1.165, 1.54) is 27.8 Å².